The van der Waals surface area contributed by atoms with E-state index in [0.29, 0.717) is 23.3 Å². The number of pyridine rings is 1. The van der Waals surface area contributed by atoms with Crippen LogP contribution in [0.15, 0.2) is 12.1 Å². The van der Waals surface area contributed by atoms with Crippen molar-refractivity contribution in [2.24, 2.45) is 17.6 Å². The third-order valence-corrected chi connectivity index (χ3v) is 3.45. The summed E-state index contributed by atoms with van der Waals surface area (Å²) in [4.78, 5) is 17.5. The quantitative estimate of drug-likeness (QED) is 0.794. The number of hydrogen-bond acceptors (Lipinski definition) is 4. The van der Waals surface area contributed by atoms with Crippen molar-refractivity contribution in [3.05, 3.63) is 17.8 Å². The van der Waals surface area contributed by atoms with Crippen molar-refractivity contribution in [2.75, 3.05) is 23.7 Å². The fraction of sp³-hybridized carbons (Fsp3) is 0.500. The number of anilines is 2. The number of nitrogens with two attached hydrogens (primary N) is 2. The summed E-state index contributed by atoms with van der Waals surface area (Å²) in [5.41, 5.74) is 12.0. The molecular formula is C12H18N4O. The topological polar surface area (TPSA) is 85.2 Å². The zero-order chi connectivity index (χ0) is 12.6. The maximum Gasteiger partial charge on any atom is 0.267 e. The minimum Gasteiger partial charge on any atom is -0.396 e. The maximum absolute atomic E-state index is 11.1. The summed E-state index contributed by atoms with van der Waals surface area (Å²) in [6.45, 7) is 6.25. The SMILES string of the molecule is CC1CN(c2nc(C(N)=O)ccc2N)CC1C. The molecule has 0 spiro atoms. The molecule has 5 nitrogen and oxygen atoms in total. The van der Waals surface area contributed by atoms with Gasteiger partial charge in [-0.15, -0.1) is 0 Å². The van der Waals surface area contributed by atoms with E-state index in [2.05, 4.69) is 23.7 Å². The van der Waals surface area contributed by atoms with Crippen LogP contribution >= 0.6 is 0 Å². The van der Waals surface area contributed by atoms with Gasteiger partial charge in [0.2, 0.25) is 0 Å². The predicted molar refractivity (Wildman–Crippen MR) is 67.7 cm³/mol. The Bertz CT molecular complexity index is 436. The van der Waals surface area contributed by atoms with Gasteiger partial charge in [-0.3, -0.25) is 4.79 Å². The second-order valence-electron chi connectivity index (χ2n) is 4.83. The van der Waals surface area contributed by atoms with Gasteiger partial charge < -0.3 is 16.4 Å². The Morgan fingerprint density at radius 3 is 2.47 bits per heavy atom. The number of nitrogens with zero attached hydrogens (tertiary/aromatic N) is 2. The van der Waals surface area contributed by atoms with E-state index >= 15 is 0 Å². The minimum atomic E-state index is -0.522. The molecule has 2 unspecified atom stereocenters. The van der Waals surface area contributed by atoms with Crippen molar-refractivity contribution < 1.29 is 4.79 Å². The normalized spacial score (nSPS) is 24.0. The van der Waals surface area contributed by atoms with Gasteiger partial charge in [0, 0.05) is 13.1 Å². The molecule has 0 aromatic carbocycles. The van der Waals surface area contributed by atoms with Gasteiger partial charge in [0.05, 0.1) is 5.69 Å². The van der Waals surface area contributed by atoms with Crippen molar-refractivity contribution >= 4 is 17.4 Å². The van der Waals surface area contributed by atoms with Gasteiger partial charge in [0.25, 0.3) is 5.91 Å². The second kappa shape index (κ2) is 4.24. The summed E-state index contributed by atoms with van der Waals surface area (Å²) in [5, 5.41) is 0. The lowest BCUT2D eigenvalue weighted by Crippen LogP contribution is -2.24. The Morgan fingerprint density at radius 2 is 1.94 bits per heavy atom. The number of nitrogen functional groups attached to an aromatic ring is 1. The molecule has 1 aliphatic rings. The van der Waals surface area contributed by atoms with E-state index in [-0.39, 0.29) is 5.69 Å². The van der Waals surface area contributed by atoms with Crippen molar-refractivity contribution in [3.8, 4) is 0 Å². The van der Waals surface area contributed by atoms with Crippen LogP contribution in [0.2, 0.25) is 0 Å². The van der Waals surface area contributed by atoms with Gasteiger partial charge in [-0.05, 0) is 24.0 Å². The molecule has 2 atom stereocenters. The molecule has 1 aromatic heterocycles. The van der Waals surface area contributed by atoms with Crippen LogP contribution < -0.4 is 16.4 Å². The first-order valence-electron chi connectivity index (χ1n) is 5.80. The van der Waals surface area contributed by atoms with E-state index in [1.807, 2.05) is 0 Å². The number of hydrogen-bond donors (Lipinski definition) is 2. The molecule has 1 amide bonds. The Kier molecular flexibility index (Phi) is 2.92. The molecule has 0 bridgehead atoms. The van der Waals surface area contributed by atoms with Crippen LogP contribution in [-0.2, 0) is 0 Å². The Morgan fingerprint density at radius 1 is 1.35 bits per heavy atom. The smallest absolute Gasteiger partial charge is 0.267 e. The fourth-order valence-electron chi connectivity index (χ4n) is 2.15. The Labute approximate surface area is 101 Å². The molecule has 5 heteroatoms. The molecule has 4 N–H and O–H groups in total. The number of rotatable bonds is 2. The number of amides is 1. The molecule has 92 valence electrons. The summed E-state index contributed by atoms with van der Waals surface area (Å²) in [5.74, 6) is 1.37. The zero-order valence-electron chi connectivity index (χ0n) is 10.2. The summed E-state index contributed by atoms with van der Waals surface area (Å²) < 4.78 is 0. The molecule has 2 rings (SSSR count). The average Bonchev–Trinajstić information content (AvgIpc) is 2.59. The molecule has 1 aliphatic heterocycles. The molecule has 1 aromatic rings. The lowest BCUT2D eigenvalue weighted by Gasteiger charge is -2.19. The van der Waals surface area contributed by atoms with Crippen LogP contribution in [0, 0.1) is 11.8 Å². The van der Waals surface area contributed by atoms with Crippen LogP contribution in [-0.4, -0.2) is 24.0 Å². The zero-order valence-corrected chi connectivity index (χ0v) is 10.2. The highest BCUT2D eigenvalue weighted by molar-refractivity contribution is 5.91. The van der Waals surface area contributed by atoms with E-state index in [9.17, 15) is 4.79 Å². The van der Waals surface area contributed by atoms with Crippen molar-refractivity contribution in [3.63, 3.8) is 0 Å². The van der Waals surface area contributed by atoms with E-state index in [1.54, 1.807) is 12.1 Å². The highest BCUT2D eigenvalue weighted by Gasteiger charge is 2.28. The Hall–Kier alpha value is -1.78. The molecule has 17 heavy (non-hydrogen) atoms. The maximum atomic E-state index is 11.1. The monoisotopic (exact) mass is 234 g/mol. The van der Waals surface area contributed by atoms with Crippen molar-refractivity contribution in [1.82, 2.24) is 4.98 Å². The largest absolute Gasteiger partial charge is 0.396 e. The van der Waals surface area contributed by atoms with Gasteiger partial charge in [-0.25, -0.2) is 4.98 Å². The van der Waals surface area contributed by atoms with Gasteiger partial charge >= 0.3 is 0 Å². The number of carbonyl (C=O) groups excluding carboxylic acids is 1. The lowest BCUT2D eigenvalue weighted by atomic mass is 10.0. The van der Waals surface area contributed by atoms with E-state index in [1.165, 1.54) is 0 Å². The lowest BCUT2D eigenvalue weighted by molar-refractivity contribution is 0.0995. The number of carbonyl (C=O) groups is 1. The summed E-state index contributed by atoms with van der Waals surface area (Å²) in [7, 11) is 0. The van der Waals surface area contributed by atoms with E-state index in [0.717, 1.165) is 13.1 Å². The first-order chi connectivity index (χ1) is 7.99. The first kappa shape index (κ1) is 11.7. The molecular weight excluding hydrogens is 216 g/mol. The highest BCUT2D eigenvalue weighted by Crippen LogP contribution is 2.29. The van der Waals surface area contributed by atoms with Crippen LogP contribution in [0.25, 0.3) is 0 Å². The minimum absolute atomic E-state index is 0.265. The average molecular weight is 234 g/mol. The van der Waals surface area contributed by atoms with Crippen LogP contribution in [0.1, 0.15) is 24.3 Å². The third-order valence-electron chi connectivity index (χ3n) is 3.45. The number of aromatic nitrogens is 1. The molecule has 0 radical (unpaired) electrons. The third kappa shape index (κ3) is 2.18. The van der Waals surface area contributed by atoms with E-state index < -0.39 is 5.91 Å². The van der Waals surface area contributed by atoms with Crippen molar-refractivity contribution in [1.29, 1.82) is 0 Å². The molecule has 1 saturated heterocycles. The van der Waals surface area contributed by atoms with Crippen LogP contribution in [0.5, 0.6) is 0 Å². The highest BCUT2D eigenvalue weighted by atomic mass is 16.1. The van der Waals surface area contributed by atoms with Gasteiger partial charge in [-0.2, -0.15) is 0 Å². The van der Waals surface area contributed by atoms with Gasteiger partial charge in [0.1, 0.15) is 5.69 Å². The van der Waals surface area contributed by atoms with E-state index in [4.69, 9.17) is 11.5 Å². The molecule has 2 heterocycles. The van der Waals surface area contributed by atoms with Gasteiger partial charge in [0.15, 0.2) is 5.82 Å². The van der Waals surface area contributed by atoms with Crippen molar-refractivity contribution in [2.45, 2.75) is 13.8 Å². The predicted octanol–water partition coefficient (Wildman–Crippen LogP) is 0.855. The summed E-state index contributed by atoms with van der Waals surface area (Å²) in [6.07, 6.45) is 0. The summed E-state index contributed by atoms with van der Waals surface area (Å²) >= 11 is 0. The molecule has 0 aliphatic carbocycles. The van der Waals surface area contributed by atoms with Crippen LogP contribution in [0.4, 0.5) is 11.5 Å². The first-order valence-corrected chi connectivity index (χ1v) is 5.80. The second-order valence-corrected chi connectivity index (χ2v) is 4.83. The molecule has 0 saturated carbocycles. The Balaban J connectivity index is 2.32. The number of primary amides is 1. The van der Waals surface area contributed by atoms with Crippen LogP contribution in [0.3, 0.4) is 0 Å². The fourth-order valence-corrected chi connectivity index (χ4v) is 2.15. The molecule has 1 fully saturated rings. The summed E-state index contributed by atoms with van der Waals surface area (Å²) in [6, 6.07) is 3.25. The standard InChI is InChI=1S/C12H18N4O/c1-7-5-16(6-8(7)2)12-9(13)3-4-10(15-12)11(14)17/h3-4,7-8H,5-6,13H2,1-2H3,(H2,14,17). The van der Waals surface area contributed by atoms with Gasteiger partial charge in [-0.1, -0.05) is 13.8 Å².